The Kier molecular flexibility index (Phi) is 15.5. The molecular formula is C31H37F3N2O8. The molecule has 2 rings (SSSR count). The average molecular weight is 623 g/mol. The number of carbonyl (C=O) groups excluding carboxylic acids is 4. The van der Waals surface area contributed by atoms with Gasteiger partial charge in [0, 0.05) is 37.1 Å². The number of aliphatic carboxylic acids is 1. The number of carboxylic acids is 1. The number of halogens is 3. The van der Waals surface area contributed by atoms with Crippen molar-refractivity contribution < 1.29 is 47.0 Å². The number of aromatic nitrogens is 1. The topological polar surface area (TPSA) is 149 Å². The van der Waals surface area contributed by atoms with Gasteiger partial charge in [0.05, 0.1) is 31.2 Å². The Hall–Kier alpha value is -4.55. The lowest BCUT2D eigenvalue weighted by Crippen LogP contribution is -2.42. The molecule has 1 atom stereocenters. The van der Waals surface area contributed by atoms with Gasteiger partial charge in [-0.1, -0.05) is 37.8 Å². The van der Waals surface area contributed by atoms with E-state index in [9.17, 15) is 41.9 Å². The molecule has 10 nitrogen and oxygen atoms in total. The Morgan fingerprint density at radius 3 is 2.36 bits per heavy atom. The second-order valence-electron chi connectivity index (χ2n) is 9.55. The molecule has 0 aliphatic heterocycles. The zero-order valence-corrected chi connectivity index (χ0v) is 23.5. The molecule has 1 amide bonds. The Bertz CT molecular complexity index is 1400. The van der Waals surface area contributed by atoms with Crippen LogP contribution >= 0.6 is 0 Å². The molecule has 0 saturated carbocycles. The molecule has 0 saturated heterocycles. The van der Waals surface area contributed by atoms with Crippen LogP contribution in [0.25, 0.3) is 0 Å². The summed E-state index contributed by atoms with van der Waals surface area (Å²) in [6.45, 7) is 1.40. The maximum atomic E-state index is 13.2. The summed E-state index contributed by atoms with van der Waals surface area (Å²) in [5.74, 6) is -3.50. The number of carboxylic acid groups (broad SMARTS) is 1. The summed E-state index contributed by atoms with van der Waals surface area (Å²) in [6.07, 6.45) is -2.04. The Morgan fingerprint density at radius 1 is 1.02 bits per heavy atom. The van der Waals surface area contributed by atoms with Gasteiger partial charge in [0.1, 0.15) is 0 Å². The molecule has 0 spiro atoms. The number of aryl methyl sites for hydroxylation is 1. The summed E-state index contributed by atoms with van der Waals surface area (Å²) in [6, 6.07) is 6.65. The number of nitrogens with zero attached hydrogens (tertiary/aromatic N) is 1. The minimum Gasteiger partial charge on any atom is -0.481 e. The number of amides is 1. The van der Waals surface area contributed by atoms with Crippen LogP contribution in [0.5, 0.6) is 0 Å². The fourth-order valence-electron chi connectivity index (χ4n) is 4.15. The van der Waals surface area contributed by atoms with Gasteiger partial charge in [-0.25, -0.2) is 4.79 Å². The molecule has 2 N–H and O–H groups in total. The minimum atomic E-state index is -4.57. The van der Waals surface area contributed by atoms with Gasteiger partial charge in [0.2, 0.25) is 5.91 Å². The third-order valence-electron chi connectivity index (χ3n) is 6.26. The normalized spacial score (nSPS) is 11.8. The van der Waals surface area contributed by atoms with Crippen molar-refractivity contribution in [2.45, 2.75) is 78.1 Å². The van der Waals surface area contributed by atoms with Crippen LogP contribution in [0.2, 0.25) is 0 Å². The van der Waals surface area contributed by atoms with Crippen LogP contribution in [0, 0.1) is 0 Å². The zero-order chi connectivity index (χ0) is 32.0. The largest absolute Gasteiger partial charge is 0.481 e. The molecular weight excluding hydrogens is 585 g/mol. The quantitative estimate of drug-likeness (QED) is 0.198. The predicted octanol–water partition coefficient (Wildman–Crippen LogP) is 4.07. The number of hydrogen-bond donors (Lipinski definition) is 2. The number of allylic oxidation sites excluding steroid dienone is 1. The van der Waals surface area contributed by atoms with Crippen molar-refractivity contribution >= 4 is 29.4 Å². The first-order valence-corrected chi connectivity index (χ1v) is 13.5. The highest BCUT2D eigenvalue weighted by Gasteiger charge is 2.32. The number of benzene rings is 1. The molecule has 0 fully saturated rings. The average Bonchev–Trinajstić information content (AvgIpc) is 2.94. The predicted molar refractivity (Wildman–Crippen MR) is 155 cm³/mol. The van der Waals surface area contributed by atoms with Crippen molar-refractivity contribution in [3.05, 3.63) is 81.8 Å². The van der Waals surface area contributed by atoms with Gasteiger partial charge in [0.15, 0.2) is 11.6 Å². The van der Waals surface area contributed by atoms with Crippen molar-refractivity contribution in [1.29, 1.82) is 0 Å². The van der Waals surface area contributed by atoms with Gasteiger partial charge in [-0.3, -0.25) is 24.0 Å². The standard InChI is InChI=1S/C30H33F3N2O8.CH4/c1-2-43-28(41)12-6-5-11-24(34-26(38)15-16-27(39)40)25(37)18-21-9-7-17-35(29(21)42)19-22(36)14-13-20-8-3-4-10-23(20)30(31,32)33;/h3-4,6-10,12,17,24H,2,5,11,13-16,18-19H2,1H3,(H,34,38)(H,39,40);1H4/b12-6+;/t24-;/m0./s1. The molecule has 0 radical (unpaired) electrons. The Labute approximate surface area is 252 Å². The number of esters is 1. The van der Waals surface area contributed by atoms with E-state index in [0.29, 0.717) is 0 Å². The number of carbonyl (C=O) groups is 5. The van der Waals surface area contributed by atoms with Gasteiger partial charge in [0.25, 0.3) is 5.56 Å². The highest BCUT2D eigenvalue weighted by Crippen LogP contribution is 2.32. The lowest BCUT2D eigenvalue weighted by Gasteiger charge is -2.17. The SMILES string of the molecule is C.CCOC(=O)/C=C/CC[C@H](NC(=O)CCC(=O)O)C(=O)Cc1cccn(CC(=O)CCc2ccccc2C(F)(F)F)c1=O. The maximum absolute atomic E-state index is 13.2. The van der Waals surface area contributed by atoms with Crippen molar-refractivity contribution in [3.63, 3.8) is 0 Å². The summed E-state index contributed by atoms with van der Waals surface area (Å²) in [7, 11) is 0. The molecule has 240 valence electrons. The first-order chi connectivity index (χ1) is 20.3. The number of nitrogens with one attached hydrogen (secondary N) is 1. The minimum absolute atomic E-state index is 0. The fraction of sp³-hybridized carbons (Fsp3) is 0.419. The van der Waals surface area contributed by atoms with Crippen LogP contribution < -0.4 is 10.9 Å². The van der Waals surface area contributed by atoms with E-state index in [1.54, 1.807) is 6.92 Å². The first kappa shape index (κ1) is 37.5. The van der Waals surface area contributed by atoms with Crippen LogP contribution in [0.15, 0.2) is 59.5 Å². The Morgan fingerprint density at radius 2 is 1.70 bits per heavy atom. The third kappa shape index (κ3) is 12.8. The fourth-order valence-corrected chi connectivity index (χ4v) is 4.15. The molecule has 1 aromatic heterocycles. The van der Waals surface area contributed by atoms with Crippen molar-refractivity contribution in [3.8, 4) is 0 Å². The zero-order valence-electron chi connectivity index (χ0n) is 23.5. The number of Topliss-reactive ketones (excluding diaryl/α,β-unsaturated/α-hetero) is 2. The molecule has 44 heavy (non-hydrogen) atoms. The van der Waals surface area contributed by atoms with E-state index in [4.69, 9.17) is 9.84 Å². The number of hydrogen-bond acceptors (Lipinski definition) is 7. The molecule has 13 heteroatoms. The van der Waals surface area contributed by atoms with E-state index in [-0.39, 0.29) is 57.3 Å². The van der Waals surface area contributed by atoms with Crippen LogP contribution in [0.4, 0.5) is 13.2 Å². The van der Waals surface area contributed by atoms with Crippen molar-refractivity contribution in [2.24, 2.45) is 0 Å². The molecule has 1 heterocycles. The number of alkyl halides is 3. The van der Waals surface area contributed by atoms with Crippen LogP contribution in [0.3, 0.4) is 0 Å². The number of ketones is 2. The molecule has 2 aromatic rings. The summed E-state index contributed by atoms with van der Waals surface area (Å²) in [4.78, 5) is 73.2. The number of rotatable bonds is 17. The van der Waals surface area contributed by atoms with E-state index in [2.05, 4.69) is 5.32 Å². The second-order valence-corrected chi connectivity index (χ2v) is 9.55. The van der Waals surface area contributed by atoms with E-state index in [1.165, 1.54) is 48.7 Å². The second kappa shape index (κ2) is 18.2. The molecule has 0 aliphatic carbocycles. The molecule has 0 aliphatic rings. The maximum Gasteiger partial charge on any atom is 0.416 e. The van der Waals surface area contributed by atoms with Gasteiger partial charge >= 0.3 is 18.1 Å². The third-order valence-corrected chi connectivity index (χ3v) is 6.26. The van der Waals surface area contributed by atoms with Gasteiger partial charge in [-0.2, -0.15) is 13.2 Å². The molecule has 0 bridgehead atoms. The monoisotopic (exact) mass is 622 g/mol. The first-order valence-electron chi connectivity index (χ1n) is 13.5. The van der Waals surface area contributed by atoms with E-state index >= 15 is 0 Å². The van der Waals surface area contributed by atoms with Crippen molar-refractivity contribution in [2.75, 3.05) is 6.61 Å². The summed E-state index contributed by atoms with van der Waals surface area (Å²) in [5, 5.41) is 11.3. The number of ether oxygens (including phenoxy) is 1. The molecule has 1 aromatic carbocycles. The highest BCUT2D eigenvalue weighted by molar-refractivity contribution is 5.91. The van der Waals surface area contributed by atoms with E-state index in [1.807, 2.05) is 0 Å². The highest BCUT2D eigenvalue weighted by atomic mass is 19.4. The summed E-state index contributed by atoms with van der Waals surface area (Å²) < 4.78 is 45.6. The van der Waals surface area contributed by atoms with Crippen LogP contribution in [-0.4, -0.2) is 51.7 Å². The van der Waals surface area contributed by atoms with Gasteiger partial charge in [-0.05, 0) is 43.9 Å². The van der Waals surface area contributed by atoms with Gasteiger partial charge < -0.3 is 19.7 Å². The number of pyridine rings is 1. The van der Waals surface area contributed by atoms with E-state index < -0.39 is 72.1 Å². The van der Waals surface area contributed by atoms with Crippen molar-refractivity contribution in [1.82, 2.24) is 9.88 Å². The summed E-state index contributed by atoms with van der Waals surface area (Å²) >= 11 is 0. The lowest BCUT2D eigenvalue weighted by atomic mass is 10.00. The smallest absolute Gasteiger partial charge is 0.416 e. The van der Waals surface area contributed by atoms with Crippen LogP contribution in [-0.2, 0) is 54.3 Å². The molecule has 0 unspecified atom stereocenters. The van der Waals surface area contributed by atoms with Crippen LogP contribution in [0.1, 0.15) is 63.1 Å². The van der Waals surface area contributed by atoms with E-state index in [0.717, 1.165) is 10.6 Å². The Balaban J connectivity index is 0.00000968. The lowest BCUT2D eigenvalue weighted by molar-refractivity contribution is -0.139. The van der Waals surface area contributed by atoms with Gasteiger partial charge in [-0.15, -0.1) is 0 Å². The summed E-state index contributed by atoms with van der Waals surface area (Å²) in [5.41, 5.74) is -1.50.